The molecule has 88 valence electrons. The number of ether oxygens (including phenoxy) is 1. The van der Waals surface area contributed by atoms with Crippen LogP contribution < -0.4 is 5.32 Å². The summed E-state index contributed by atoms with van der Waals surface area (Å²) in [6, 6.07) is -0.653. The van der Waals surface area contributed by atoms with Crippen molar-refractivity contribution in [2.24, 2.45) is 5.92 Å². The Hall–Kier alpha value is -0.690. The van der Waals surface area contributed by atoms with E-state index in [0.717, 1.165) is 0 Å². The number of aliphatic hydroxyl groups is 3. The molecule has 4 N–H and O–H groups in total. The molecule has 15 heavy (non-hydrogen) atoms. The standard InChI is InChI=1S/C9H17NO5/c1-4-7(10-5(2)12)9(14)15-6(3-11)8(4)13/h4,6-9,11,13-14H,3H2,1-2H3,(H,10,12)/t4-,6+,7+,8-,9-/m0/s1. The van der Waals surface area contributed by atoms with Gasteiger partial charge in [-0.1, -0.05) is 6.92 Å². The lowest BCUT2D eigenvalue weighted by Crippen LogP contribution is -2.60. The average Bonchev–Trinajstić information content (AvgIpc) is 2.18. The van der Waals surface area contributed by atoms with Crippen molar-refractivity contribution in [3.63, 3.8) is 0 Å². The molecule has 1 heterocycles. The first-order valence-electron chi connectivity index (χ1n) is 4.87. The van der Waals surface area contributed by atoms with Crippen molar-refractivity contribution in [1.82, 2.24) is 5.32 Å². The summed E-state index contributed by atoms with van der Waals surface area (Å²) in [5, 5.41) is 30.6. The van der Waals surface area contributed by atoms with Crippen LogP contribution in [0.3, 0.4) is 0 Å². The van der Waals surface area contributed by atoms with E-state index in [-0.39, 0.29) is 18.4 Å². The molecule has 1 amide bonds. The van der Waals surface area contributed by atoms with Gasteiger partial charge in [0.25, 0.3) is 0 Å². The molecule has 1 aliphatic heterocycles. The van der Waals surface area contributed by atoms with Gasteiger partial charge in [-0.15, -0.1) is 0 Å². The summed E-state index contributed by atoms with van der Waals surface area (Å²) >= 11 is 0. The first kappa shape index (κ1) is 12.4. The third-order valence-corrected chi connectivity index (χ3v) is 2.66. The van der Waals surface area contributed by atoms with Crippen LogP contribution in [0.2, 0.25) is 0 Å². The van der Waals surface area contributed by atoms with Crippen molar-refractivity contribution in [2.75, 3.05) is 6.61 Å². The Kier molecular flexibility index (Phi) is 4.04. The normalized spacial score (nSPS) is 41.3. The number of carbonyl (C=O) groups is 1. The Bertz CT molecular complexity index is 235. The maximum Gasteiger partial charge on any atom is 0.217 e. The number of aliphatic hydroxyl groups excluding tert-OH is 3. The lowest BCUT2D eigenvalue weighted by Gasteiger charge is -2.41. The van der Waals surface area contributed by atoms with E-state index in [0.29, 0.717) is 0 Å². The molecule has 1 aliphatic rings. The predicted octanol–water partition coefficient (Wildman–Crippen LogP) is -1.80. The molecule has 0 saturated carbocycles. The minimum atomic E-state index is -1.20. The maximum atomic E-state index is 10.9. The zero-order valence-electron chi connectivity index (χ0n) is 8.75. The van der Waals surface area contributed by atoms with Gasteiger partial charge in [-0.3, -0.25) is 4.79 Å². The molecule has 0 aromatic heterocycles. The molecule has 1 saturated heterocycles. The van der Waals surface area contributed by atoms with Crippen LogP contribution >= 0.6 is 0 Å². The number of carbonyl (C=O) groups excluding carboxylic acids is 1. The van der Waals surface area contributed by atoms with E-state index < -0.39 is 24.5 Å². The third kappa shape index (κ3) is 2.66. The fourth-order valence-corrected chi connectivity index (χ4v) is 1.74. The first-order chi connectivity index (χ1) is 6.97. The number of hydrogen-bond donors (Lipinski definition) is 4. The molecule has 0 aliphatic carbocycles. The van der Waals surface area contributed by atoms with Crippen molar-refractivity contribution >= 4 is 5.91 Å². The molecule has 0 spiro atoms. The smallest absolute Gasteiger partial charge is 0.217 e. The molecule has 6 nitrogen and oxygen atoms in total. The van der Waals surface area contributed by atoms with Gasteiger partial charge in [0.05, 0.1) is 18.8 Å². The molecule has 0 aromatic rings. The highest BCUT2D eigenvalue weighted by atomic mass is 16.6. The van der Waals surface area contributed by atoms with Crippen LogP contribution in [0.4, 0.5) is 0 Å². The average molecular weight is 219 g/mol. The van der Waals surface area contributed by atoms with Crippen LogP contribution in [-0.4, -0.2) is 52.4 Å². The van der Waals surface area contributed by atoms with Gasteiger partial charge in [-0.2, -0.15) is 0 Å². The van der Waals surface area contributed by atoms with Crippen molar-refractivity contribution in [1.29, 1.82) is 0 Å². The van der Waals surface area contributed by atoms with Crippen molar-refractivity contribution < 1.29 is 24.9 Å². The Balaban J connectivity index is 2.70. The van der Waals surface area contributed by atoms with E-state index in [1.165, 1.54) is 6.92 Å². The maximum absolute atomic E-state index is 10.9. The van der Waals surface area contributed by atoms with Gasteiger partial charge >= 0.3 is 0 Å². The second kappa shape index (κ2) is 4.89. The van der Waals surface area contributed by atoms with E-state index in [1.807, 2.05) is 0 Å². The van der Waals surface area contributed by atoms with Crippen LogP contribution in [0.25, 0.3) is 0 Å². The lowest BCUT2D eigenvalue weighted by molar-refractivity contribution is -0.238. The molecule has 0 bridgehead atoms. The predicted molar refractivity (Wildman–Crippen MR) is 50.7 cm³/mol. The third-order valence-electron chi connectivity index (χ3n) is 2.66. The summed E-state index contributed by atoms with van der Waals surface area (Å²) < 4.78 is 4.97. The van der Waals surface area contributed by atoms with Gasteiger partial charge in [0.15, 0.2) is 6.29 Å². The fraction of sp³-hybridized carbons (Fsp3) is 0.889. The number of amides is 1. The number of nitrogens with one attached hydrogen (secondary N) is 1. The topological polar surface area (TPSA) is 99.0 Å². The van der Waals surface area contributed by atoms with Crippen LogP contribution in [-0.2, 0) is 9.53 Å². The molecule has 0 radical (unpaired) electrons. The molecule has 5 atom stereocenters. The zero-order valence-corrected chi connectivity index (χ0v) is 8.75. The largest absolute Gasteiger partial charge is 0.394 e. The first-order valence-corrected chi connectivity index (χ1v) is 4.87. The summed E-state index contributed by atoms with van der Waals surface area (Å²) in [5.41, 5.74) is 0. The van der Waals surface area contributed by atoms with Gasteiger partial charge < -0.3 is 25.4 Å². The van der Waals surface area contributed by atoms with Crippen LogP contribution in [0, 0.1) is 5.92 Å². The minimum absolute atomic E-state index is 0.302. The Morgan fingerprint density at radius 1 is 1.47 bits per heavy atom. The Morgan fingerprint density at radius 3 is 2.53 bits per heavy atom. The second-order valence-corrected chi connectivity index (χ2v) is 3.82. The summed E-state index contributed by atoms with van der Waals surface area (Å²) in [7, 11) is 0. The number of rotatable bonds is 2. The van der Waals surface area contributed by atoms with Gasteiger partial charge in [-0.05, 0) is 0 Å². The summed E-state index contributed by atoms with van der Waals surface area (Å²) in [4.78, 5) is 10.9. The summed E-state index contributed by atoms with van der Waals surface area (Å²) in [6.45, 7) is 2.64. The van der Waals surface area contributed by atoms with E-state index >= 15 is 0 Å². The van der Waals surface area contributed by atoms with Gasteiger partial charge in [0.2, 0.25) is 5.91 Å². The van der Waals surface area contributed by atoms with Crippen molar-refractivity contribution in [3.8, 4) is 0 Å². The lowest BCUT2D eigenvalue weighted by atomic mass is 9.89. The molecular weight excluding hydrogens is 202 g/mol. The van der Waals surface area contributed by atoms with Crippen molar-refractivity contribution in [3.05, 3.63) is 0 Å². The number of hydrogen-bond acceptors (Lipinski definition) is 5. The van der Waals surface area contributed by atoms with E-state index in [2.05, 4.69) is 5.32 Å². The van der Waals surface area contributed by atoms with Gasteiger partial charge in [-0.25, -0.2) is 0 Å². The fourth-order valence-electron chi connectivity index (χ4n) is 1.74. The molecule has 0 aromatic carbocycles. The highest BCUT2D eigenvalue weighted by Crippen LogP contribution is 2.24. The zero-order chi connectivity index (χ0) is 11.6. The summed E-state index contributed by atoms with van der Waals surface area (Å²) in [5.74, 6) is -0.682. The molecule has 0 unspecified atom stereocenters. The highest BCUT2D eigenvalue weighted by molar-refractivity contribution is 5.73. The van der Waals surface area contributed by atoms with E-state index in [4.69, 9.17) is 9.84 Å². The SMILES string of the molecule is CC(=O)N[C@@H]1[C@H](C)[C@H](O)[C@@H](CO)O[C@@H]1O. The van der Waals surface area contributed by atoms with Crippen molar-refractivity contribution in [2.45, 2.75) is 38.4 Å². The van der Waals surface area contributed by atoms with Gasteiger partial charge in [0, 0.05) is 12.8 Å². The van der Waals surface area contributed by atoms with E-state index in [1.54, 1.807) is 6.92 Å². The minimum Gasteiger partial charge on any atom is -0.394 e. The highest BCUT2D eigenvalue weighted by Gasteiger charge is 2.42. The molecular formula is C9H17NO5. The second-order valence-electron chi connectivity index (χ2n) is 3.82. The Morgan fingerprint density at radius 2 is 2.07 bits per heavy atom. The van der Waals surface area contributed by atoms with E-state index in [9.17, 15) is 15.0 Å². The quantitative estimate of drug-likeness (QED) is 0.439. The molecule has 1 fully saturated rings. The molecule has 1 rings (SSSR count). The summed E-state index contributed by atoms with van der Waals surface area (Å²) in [6.07, 6.45) is -2.92. The van der Waals surface area contributed by atoms with Crippen LogP contribution in [0.5, 0.6) is 0 Å². The van der Waals surface area contributed by atoms with Gasteiger partial charge in [0.1, 0.15) is 6.10 Å². The monoisotopic (exact) mass is 219 g/mol. The van der Waals surface area contributed by atoms with Crippen LogP contribution in [0.1, 0.15) is 13.8 Å². The Labute approximate surface area is 87.9 Å². The molecule has 6 heteroatoms. The van der Waals surface area contributed by atoms with Crippen LogP contribution in [0.15, 0.2) is 0 Å².